The van der Waals surface area contributed by atoms with E-state index >= 15 is 0 Å². The number of likely N-dealkylation sites (tertiary alicyclic amines) is 1. The van der Waals surface area contributed by atoms with Gasteiger partial charge in [-0.15, -0.1) is 0 Å². The maximum atomic E-state index is 12.9. The molecular weight excluding hydrogens is 356 g/mol. The first kappa shape index (κ1) is 19.9. The van der Waals surface area contributed by atoms with Crippen molar-refractivity contribution in [3.8, 4) is 0 Å². The average molecular weight is 391 g/mol. The number of aryl methyl sites for hydroxylation is 2. The number of morpholine rings is 1. The van der Waals surface area contributed by atoms with Gasteiger partial charge in [-0.3, -0.25) is 9.69 Å². The summed E-state index contributed by atoms with van der Waals surface area (Å²) in [5, 5.41) is 9.98. The summed E-state index contributed by atoms with van der Waals surface area (Å²) in [6, 6.07) is 2.09. The van der Waals surface area contributed by atoms with Gasteiger partial charge in [0.05, 0.1) is 31.3 Å². The molecule has 156 valence electrons. The third-order valence-corrected chi connectivity index (χ3v) is 7.05. The van der Waals surface area contributed by atoms with E-state index in [-0.39, 0.29) is 23.6 Å². The van der Waals surface area contributed by atoms with Gasteiger partial charge >= 0.3 is 0 Å². The van der Waals surface area contributed by atoms with Crippen molar-refractivity contribution in [2.45, 2.75) is 89.6 Å². The number of amides is 1. The summed E-state index contributed by atoms with van der Waals surface area (Å²) in [6.07, 6.45) is 5.29. The Bertz CT molecular complexity index is 709. The topological polar surface area (TPSA) is 66.2 Å². The summed E-state index contributed by atoms with van der Waals surface area (Å²) >= 11 is 0. The van der Waals surface area contributed by atoms with Crippen LogP contribution in [0, 0.1) is 13.8 Å². The van der Waals surface area contributed by atoms with Crippen molar-refractivity contribution in [1.29, 1.82) is 0 Å². The van der Waals surface area contributed by atoms with Gasteiger partial charge in [-0.2, -0.15) is 0 Å². The summed E-state index contributed by atoms with van der Waals surface area (Å²) in [5.74, 6) is 2.06. The molecule has 1 aromatic rings. The number of carbonyl (C=O) groups is 1. The minimum absolute atomic E-state index is 0.0401. The molecule has 3 fully saturated rings. The number of furan rings is 1. The first-order valence-electron chi connectivity index (χ1n) is 10.8. The second-order valence-corrected chi connectivity index (χ2v) is 9.07. The Kier molecular flexibility index (Phi) is 5.55. The second kappa shape index (κ2) is 7.81. The summed E-state index contributed by atoms with van der Waals surface area (Å²) in [5.41, 5.74) is 1.37. The van der Waals surface area contributed by atoms with Crippen molar-refractivity contribution in [1.82, 2.24) is 9.80 Å². The van der Waals surface area contributed by atoms with Gasteiger partial charge in [-0.05, 0) is 58.9 Å². The molecule has 2 saturated heterocycles. The van der Waals surface area contributed by atoms with Crippen LogP contribution in [0.5, 0.6) is 0 Å². The van der Waals surface area contributed by atoms with Gasteiger partial charge in [-0.25, -0.2) is 0 Å². The lowest BCUT2D eigenvalue weighted by molar-refractivity contribution is -0.159. The Morgan fingerprint density at radius 2 is 2.14 bits per heavy atom. The van der Waals surface area contributed by atoms with Gasteiger partial charge in [0.2, 0.25) is 5.91 Å². The van der Waals surface area contributed by atoms with Crippen molar-refractivity contribution < 1.29 is 19.1 Å². The summed E-state index contributed by atoms with van der Waals surface area (Å²) in [6.45, 7) is 8.90. The molecule has 2 aliphatic heterocycles. The second-order valence-electron chi connectivity index (χ2n) is 9.07. The van der Waals surface area contributed by atoms with Crippen LogP contribution in [0.3, 0.4) is 0 Å². The first-order chi connectivity index (χ1) is 13.4. The molecule has 0 aromatic carbocycles. The van der Waals surface area contributed by atoms with E-state index in [0.29, 0.717) is 13.0 Å². The van der Waals surface area contributed by atoms with Crippen molar-refractivity contribution in [3.05, 3.63) is 23.2 Å². The summed E-state index contributed by atoms with van der Waals surface area (Å²) in [7, 11) is 0. The van der Waals surface area contributed by atoms with Crippen molar-refractivity contribution in [3.63, 3.8) is 0 Å². The van der Waals surface area contributed by atoms with Gasteiger partial charge in [0.15, 0.2) is 0 Å². The van der Waals surface area contributed by atoms with E-state index in [4.69, 9.17) is 9.15 Å². The van der Waals surface area contributed by atoms with Crippen LogP contribution in [0.4, 0.5) is 0 Å². The zero-order valence-corrected chi connectivity index (χ0v) is 17.4. The van der Waals surface area contributed by atoms with Crippen LogP contribution in [0.1, 0.15) is 62.5 Å². The molecule has 0 radical (unpaired) electrons. The lowest BCUT2D eigenvalue weighted by Gasteiger charge is -2.54. The molecule has 1 spiro atoms. The van der Waals surface area contributed by atoms with Crippen LogP contribution < -0.4 is 0 Å². The standard InChI is InChI=1S/C22H34N2O4/c1-15-10-18(17(3)28-15)12-23-13-19(27-14-22(23)7-5-8-22)11-21(26)24-9-4-6-20(24)16(2)25/h10,16,19-20,25H,4-9,11-14H2,1-3H3/t16?,19?,20-/m0/s1. The van der Waals surface area contributed by atoms with E-state index in [1.807, 2.05) is 18.7 Å². The quantitative estimate of drug-likeness (QED) is 0.837. The molecule has 1 N–H and O–H groups in total. The molecule has 4 rings (SSSR count). The van der Waals surface area contributed by atoms with Crippen LogP contribution in [-0.4, -0.2) is 64.3 Å². The van der Waals surface area contributed by atoms with Crippen LogP contribution in [0.15, 0.2) is 10.5 Å². The first-order valence-corrected chi connectivity index (χ1v) is 10.8. The molecule has 1 aliphatic carbocycles. The zero-order valence-electron chi connectivity index (χ0n) is 17.4. The largest absolute Gasteiger partial charge is 0.466 e. The highest BCUT2D eigenvalue weighted by Gasteiger charge is 2.47. The molecule has 1 aromatic heterocycles. The van der Waals surface area contributed by atoms with Crippen molar-refractivity contribution in [2.24, 2.45) is 0 Å². The number of aliphatic hydroxyl groups excluding tert-OH is 1. The monoisotopic (exact) mass is 390 g/mol. The molecule has 3 atom stereocenters. The Labute approximate surface area is 167 Å². The lowest BCUT2D eigenvalue weighted by Crippen LogP contribution is -2.63. The fourth-order valence-electron chi connectivity index (χ4n) is 5.22. The van der Waals surface area contributed by atoms with Gasteiger partial charge in [0, 0.05) is 30.7 Å². The number of rotatable bonds is 5. The van der Waals surface area contributed by atoms with Crippen molar-refractivity contribution in [2.75, 3.05) is 19.7 Å². The minimum atomic E-state index is -0.472. The highest BCUT2D eigenvalue weighted by molar-refractivity contribution is 5.77. The molecule has 0 bridgehead atoms. The predicted molar refractivity (Wildman–Crippen MR) is 106 cm³/mol. The molecule has 6 heteroatoms. The molecule has 6 nitrogen and oxygen atoms in total. The maximum Gasteiger partial charge on any atom is 0.225 e. The number of hydrogen-bond donors (Lipinski definition) is 1. The van der Waals surface area contributed by atoms with E-state index in [9.17, 15) is 9.90 Å². The van der Waals surface area contributed by atoms with E-state index in [2.05, 4.69) is 11.0 Å². The molecular formula is C22H34N2O4. The third kappa shape index (κ3) is 3.74. The average Bonchev–Trinajstić information content (AvgIpc) is 3.21. The predicted octanol–water partition coefficient (Wildman–Crippen LogP) is 2.78. The Morgan fingerprint density at radius 3 is 2.75 bits per heavy atom. The van der Waals surface area contributed by atoms with Gasteiger partial charge in [0.25, 0.3) is 0 Å². The zero-order chi connectivity index (χ0) is 19.9. The molecule has 1 amide bonds. The fourth-order valence-corrected chi connectivity index (χ4v) is 5.22. The van der Waals surface area contributed by atoms with Crippen LogP contribution in [0.2, 0.25) is 0 Å². The number of carbonyl (C=O) groups excluding carboxylic acids is 1. The fraction of sp³-hybridized carbons (Fsp3) is 0.773. The molecule has 3 aliphatic rings. The van der Waals surface area contributed by atoms with E-state index in [1.165, 1.54) is 24.8 Å². The van der Waals surface area contributed by atoms with Crippen LogP contribution in [-0.2, 0) is 16.1 Å². The summed E-state index contributed by atoms with van der Waals surface area (Å²) < 4.78 is 11.9. The van der Waals surface area contributed by atoms with E-state index in [1.54, 1.807) is 6.92 Å². The Morgan fingerprint density at radius 1 is 1.36 bits per heavy atom. The number of hydrogen-bond acceptors (Lipinski definition) is 5. The molecule has 28 heavy (non-hydrogen) atoms. The van der Waals surface area contributed by atoms with E-state index < -0.39 is 6.10 Å². The Hall–Kier alpha value is -1.37. The number of ether oxygens (including phenoxy) is 1. The SMILES string of the molecule is Cc1cc(CN2CC(CC(=O)N3CCC[C@H]3C(C)O)OCC23CCC3)c(C)o1. The number of aliphatic hydroxyl groups is 1. The Balaban J connectivity index is 1.42. The van der Waals surface area contributed by atoms with Crippen LogP contribution >= 0.6 is 0 Å². The van der Waals surface area contributed by atoms with Gasteiger partial charge in [-0.1, -0.05) is 0 Å². The van der Waals surface area contributed by atoms with Crippen molar-refractivity contribution >= 4 is 5.91 Å². The molecule has 2 unspecified atom stereocenters. The van der Waals surface area contributed by atoms with E-state index in [0.717, 1.165) is 44.0 Å². The highest BCUT2D eigenvalue weighted by atomic mass is 16.5. The van der Waals surface area contributed by atoms with Gasteiger partial charge in [0.1, 0.15) is 11.5 Å². The number of nitrogens with zero attached hydrogens (tertiary/aromatic N) is 2. The highest BCUT2D eigenvalue weighted by Crippen LogP contribution is 2.42. The lowest BCUT2D eigenvalue weighted by atomic mass is 9.74. The normalized spacial score (nSPS) is 28.5. The minimum Gasteiger partial charge on any atom is -0.466 e. The maximum absolute atomic E-state index is 12.9. The third-order valence-electron chi connectivity index (χ3n) is 7.05. The molecule has 1 saturated carbocycles. The summed E-state index contributed by atoms with van der Waals surface area (Å²) in [4.78, 5) is 17.3. The van der Waals surface area contributed by atoms with Crippen LogP contribution in [0.25, 0.3) is 0 Å². The smallest absolute Gasteiger partial charge is 0.225 e. The molecule has 3 heterocycles. The van der Waals surface area contributed by atoms with Gasteiger partial charge < -0.3 is 19.2 Å².